The van der Waals surface area contributed by atoms with Crippen LogP contribution in [0.1, 0.15) is 23.2 Å². The molecule has 1 fully saturated rings. The van der Waals surface area contributed by atoms with E-state index in [4.69, 9.17) is 9.47 Å². The Bertz CT molecular complexity index is 1310. The highest BCUT2D eigenvalue weighted by atomic mass is 35.5. The number of fused-ring (bicyclic) bond motifs is 1. The van der Waals surface area contributed by atoms with Crippen LogP contribution in [0.25, 0.3) is 10.2 Å². The zero-order valence-electron chi connectivity index (χ0n) is 21.4. The zero-order chi connectivity index (χ0) is 25.9. The Balaban J connectivity index is 0.00000380. The average molecular weight is 569 g/mol. The fraction of sp³-hybridized carbons (Fsp3) is 0.440. The van der Waals surface area contributed by atoms with E-state index in [1.165, 1.54) is 27.8 Å². The molecule has 1 amide bonds. The molecule has 1 atom stereocenters. The quantitative estimate of drug-likeness (QED) is 0.368. The number of benzene rings is 2. The van der Waals surface area contributed by atoms with Gasteiger partial charge >= 0.3 is 0 Å². The lowest BCUT2D eigenvalue weighted by Gasteiger charge is -2.22. The van der Waals surface area contributed by atoms with Crippen molar-refractivity contribution in [3.8, 4) is 5.75 Å². The van der Waals surface area contributed by atoms with Crippen molar-refractivity contribution in [1.29, 1.82) is 0 Å². The van der Waals surface area contributed by atoms with Crippen molar-refractivity contribution in [1.82, 2.24) is 14.2 Å². The van der Waals surface area contributed by atoms with Crippen LogP contribution in [-0.4, -0.2) is 89.1 Å². The van der Waals surface area contributed by atoms with Crippen molar-refractivity contribution in [2.24, 2.45) is 0 Å². The van der Waals surface area contributed by atoms with Gasteiger partial charge < -0.3 is 14.4 Å². The number of anilines is 1. The predicted octanol–water partition coefficient (Wildman–Crippen LogP) is 3.73. The summed E-state index contributed by atoms with van der Waals surface area (Å²) in [5.41, 5.74) is 1.18. The lowest BCUT2D eigenvalue weighted by atomic mass is 10.2. The molecule has 12 heteroatoms. The molecule has 0 saturated carbocycles. The van der Waals surface area contributed by atoms with E-state index >= 15 is 0 Å². The molecular weight excluding hydrogens is 536 g/mol. The number of amides is 1. The highest BCUT2D eigenvalue weighted by molar-refractivity contribution is 7.89. The summed E-state index contributed by atoms with van der Waals surface area (Å²) in [6.45, 7) is 2.06. The molecule has 2 aromatic carbocycles. The van der Waals surface area contributed by atoms with Gasteiger partial charge in [-0.15, -0.1) is 12.4 Å². The van der Waals surface area contributed by atoms with Gasteiger partial charge in [0, 0.05) is 38.9 Å². The van der Waals surface area contributed by atoms with Crippen LogP contribution in [0.5, 0.6) is 5.75 Å². The number of thiazole rings is 1. The third kappa shape index (κ3) is 6.78. The molecule has 1 saturated heterocycles. The van der Waals surface area contributed by atoms with Crippen LogP contribution in [0, 0.1) is 0 Å². The van der Waals surface area contributed by atoms with Gasteiger partial charge in [0.25, 0.3) is 5.91 Å². The Morgan fingerprint density at radius 2 is 1.86 bits per heavy atom. The molecule has 1 aliphatic rings. The van der Waals surface area contributed by atoms with Crippen LogP contribution >= 0.6 is 23.7 Å². The van der Waals surface area contributed by atoms with Crippen molar-refractivity contribution in [2.75, 3.05) is 59.4 Å². The predicted molar refractivity (Wildman–Crippen MR) is 149 cm³/mol. The van der Waals surface area contributed by atoms with E-state index in [2.05, 4.69) is 4.98 Å². The summed E-state index contributed by atoms with van der Waals surface area (Å²) in [6, 6.07) is 11.7. The lowest BCUT2D eigenvalue weighted by Crippen LogP contribution is -2.37. The van der Waals surface area contributed by atoms with Gasteiger partial charge in [0.05, 0.1) is 28.3 Å². The number of rotatable bonds is 10. The monoisotopic (exact) mass is 568 g/mol. The first kappa shape index (κ1) is 29.3. The molecule has 3 aromatic rings. The summed E-state index contributed by atoms with van der Waals surface area (Å²) in [5.74, 6) is 0.490. The van der Waals surface area contributed by atoms with E-state index in [1.54, 1.807) is 31.2 Å². The molecule has 1 aromatic heterocycles. The average Bonchev–Trinajstić information content (AvgIpc) is 3.53. The van der Waals surface area contributed by atoms with Crippen LogP contribution in [0.2, 0.25) is 0 Å². The second-order valence-corrected chi connectivity index (χ2v) is 12.1. The maximum atomic E-state index is 13.6. The summed E-state index contributed by atoms with van der Waals surface area (Å²) in [7, 11) is 3.37. The topological polar surface area (TPSA) is 92.3 Å². The molecular formula is C25H33ClN4O5S2. The number of halogens is 1. The van der Waals surface area contributed by atoms with Crippen molar-refractivity contribution in [3.05, 3.63) is 48.0 Å². The maximum Gasteiger partial charge on any atom is 0.260 e. The number of nitrogens with zero attached hydrogens (tertiary/aromatic N) is 4. The third-order valence-electron chi connectivity index (χ3n) is 6.13. The molecule has 0 radical (unpaired) electrons. The molecule has 9 nitrogen and oxygen atoms in total. The number of carbonyl (C=O) groups excluding carboxylic acids is 1. The van der Waals surface area contributed by atoms with Crippen molar-refractivity contribution in [2.45, 2.75) is 23.8 Å². The van der Waals surface area contributed by atoms with E-state index in [1.807, 2.05) is 37.2 Å². The zero-order valence-corrected chi connectivity index (χ0v) is 23.9. The summed E-state index contributed by atoms with van der Waals surface area (Å²) >= 11 is 1.42. The Hall–Kier alpha value is -2.28. The van der Waals surface area contributed by atoms with Gasteiger partial charge in [-0.25, -0.2) is 13.4 Å². The van der Waals surface area contributed by atoms with Gasteiger partial charge in [0.15, 0.2) is 5.13 Å². The van der Waals surface area contributed by atoms with Crippen molar-refractivity contribution >= 4 is 55.0 Å². The first-order chi connectivity index (χ1) is 17.2. The number of sulfonamides is 1. The van der Waals surface area contributed by atoms with Crippen LogP contribution in [0.3, 0.4) is 0 Å². The number of aromatic nitrogens is 1. The Labute approximate surface area is 228 Å². The van der Waals surface area contributed by atoms with Crippen molar-refractivity contribution in [3.63, 3.8) is 0 Å². The normalized spacial score (nSPS) is 15.8. The molecule has 0 aliphatic carbocycles. The molecule has 0 N–H and O–H groups in total. The van der Waals surface area contributed by atoms with E-state index in [0.717, 1.165) is 28.8 Å². The maximum absolute atomic E-state index is 13.6. The van der Waals surface area contributed by atoms with Crippen LogP contribution in [0.15, 0.2) is 47.4 Å². The van der Waals surface area contributed by atoms with E-state index < -0.39 is 10.0 Å². The molecule has 37 heavy (non-hydrogen) atoms. The third-order valence-corrected chi connectivity index (χ3v) is 9.00. The number of ether oxygens (including phenoxy) is 2. The van der Waals surface area contributed by atoms with Crippen LogP contribution < -0.4 is 9.64 Å². The van der Waals surface area contributed by atoms with Crippen LogP contribution in [0.4, 0.5) is 5.13 Å². The van der Waals surface area contributed by atoms with Gasteiger partial charge in [0.2, 0.25) is 10.0 Å². The Morgan fingerprint density at radius 1 is 1.14 bits per heavy atom. The molecule has 4 rings (SSSR count). The van der Waals surface area contributed by atoms with Gasteiger partial charge in [-0.1, -0.05) is 11.3 Å². The standard InChI is InChI=1S/C25H32N4O5S2.ClH/c1-27(2)13-14-29(25-26-22-12-9-19(33-4)16-23(22)35-25)24(30)18-7-10-21(11-8-18)36(31,32)28(3)17-20-6-5-15-34-20;/h7-12,16,20H,5-6,13-15,17H2,1-4H3;1H. The van der Waals surface area contributed by atoms with Gasteiger partial charge in [-0.3, -0.25) is 9.69 Å². The number of hydrogen-bond acceptors (Lipinski definition) is 8. The first-order valence-electron chi connectivity index (χ1n) is 11.8. The molecule has 0 bridgehead atoms. The molecule has 1 unspecified atom stereocenters. The lowest BCUT2D eigenvalue weighted by molar-refractivity contribution is 0.0978. The minimum absolute atomic E-state index is 0. The molecule has 2 heterocycles. The highest BCUT2D eigenvalue weighted by Gasteiger charge is 2.27. The Kier molecular flexibility index (Phi) is 9.90. The largest absolute Gasteiger partial charge is 0.497 e. The molecule has 202 valence electrons. The highest BCUT2D eigenvalue weighted by Crippen LogP contribution is 2.32. The SMILES string of the molecule is COc1ccc2nc(N(CCN(C)C)C(=O)c3ccc(S(=O)(=O)N(C)CC4CCCO4)cc3)sc2c1.Cl. The summed E-state index contributed by atoms with van der Waals surface area (Å²) in [6.07, 6.45) is 1.72. The van der Waals surface area contributed by atoms with Gasteiger partial charge in [-0.05, 0) is 69.4 Å². The second kappa shape index (κ2) is 12.5. The molecule has 1 aliphatic heterocycles. The summed E-state index contributed by atoms with van der Waals surface area (Å²) in [4.78, 5) is 22.0. The van der Waals surface area contributed by atoms with Crippen LogP contribution in [-0.2, 0) is 14.8 Å². The van der Waals surface area contributed by atoms with Crippen molar-refractivity contribution < 1.29 is 22.7 Å². The number of carbonyl (C=O) groups is 1. The van der Waals surface area contributed by atoms with E-state index in [-0.39, 0.29) is 29.3 Å². The first-order valence-corrected chi connectivity index (χ1v) is 14.0. The van der Waals surface area contributed by atoms with Gasteiger partial charge in [-0.2, -0.15) is 4.31 Å². The summed E-state index contributed by atoms with van der Waals surface area (Å²) < 4.78 is 39.2. The smallest absolute Gasteiger partial charge is 0.260 e. The minimum atomic E-state index is -3.69. The van der Waals surface area contributed by atoms with Gasteiger partial charge in [0.1, 0.15) is 5.75 Å². The Morgan fingerprint density at radius 3 is 2.49 bits per heavy atom. The number of methoxy groups -OCH3 is 1. The minimum Gasteiger partial charge on any atom is -0.497 e. The number of hydrogen-bond donors (Lipinski definition) is 0. The second-order valence-electron chi connectivity index (χ2n) is 9.04. The van der Waals surface area contributed by atoms with E-state index in [9.17, 15) is 13.2 Å². The fourth-order valence-electron chi connectivity index (χ4n) is 4.00. The summed E-state index contributed by atoms with van der Waals surface area (Å²) in [5, 5.41) is 0.582. The molecule has 0 spiro atoms. The number of likely N-dealkylation sites (N-methyl/N-ethyl adjacent to an activating group) is 2. The van der Waals surface area contributed by atoms with E-state index in [0.29, 0.717) is 36.9 Å². The fourth-order valence-corrected chi connectivity index (χ4v) is 6.22.